The van der Waals surface area contributed by atoms with E-state index < -0.39 is 0 Å². The SMILES string of the molecule is CC(=O)Nc1cccc(C(C)NC(=O)c2cccs2)c1. The van der Waals surface area contributed by atoms with Gasteiger partial charge in [-0.2, -0.15) is 0 Å². The Bertz CT molecular complexity index is 608. The van der Waals surface area contributed by atoms with Gasteiger partial charge in [0.05, 0.1) is 10.9 Å². The van der Waals surface area contributed by atoms with Crippen molar-refractivity contribution in [3.63, 3.8) is 0 Å². The molecule has 0 spiro atoms. The summed E-state index contributed by atoms with van der Waals surface area (Å²) in [7, 11) is 0. The highest BCUT2D eigenvalue weighted by atomic mass is 32.1. The van der Waals surface area contributed by atoms with Crippen molar-refractivity contribution in [3.8, 4) is 0 Å². The van der Waals surface area contributed by atoms with Crippen molar-refractivity contribution >= 4 is 28.8 Å². The number of hydrogen-bond donors (Lipinski definition) is 2. The third kappa shape index (κ3) is 3.68. The minimum absolute atomic E-state index is 0.0857. The molecule has 0 saturated carbocycles. The lowest BCUT2D eigenvalue weighted by Gasteiger charge is -2.15. The minimum atomic E-state index is -0.127. The van der Waals surface area contributed by atoms with E-state index in [0.717, 1.165) is 11.3 Å². The average molecular weight is 288 g/mol. The molecule has 5 heteroatoms. The number of nitrogens with one attached hydrogen (secondary N) is 2. The molecule has 0 aliphatic carbocycles. The fraction of sp³-hybridized carbons (Fsp3) is 0.200. The Hall–Kier alpha value is -2.14. The standard InChI is InChI=1S/C15H16N2O2S/c1-10(16-15(19)14-7-4-8-20-14)12-5-3-6-13(9-12)17-11(2)18/h3-10H,1-2H3,(H,16,19)(H,17,18). The van der Waals surface area contributed by atoms with Gasteiger partial charge in [-0.1, -0.05) is 18.2 Å². The highest BCUT2D eigenvalue weighted by Crippen LogP contribution is 2.18. The molecule has 0 bridgehead atoms. The zero-order valence-corrected chi connectivity index (χ0v) is 12.2. The molecule has 1 unspecified atom stereocenters. The Morgan fingerprint density at radius 1 is 1.20 bits per heavy atom. The largest absolute Gasteiger partial charge is 0.345 e. The Balaban J connectivity index is 2.07. The lowest BCUT2D eigenvalue weighted by atomic mass is 10.1. The number of rotatable bonds is 4. The lowest BCUT2D eigenvalue weighted by Crippen LogP contribution is -2.25. The van der Waals surface area contributed by atoms with Crippen LogP contribution >= 0.6 is 11.3 Å². The van der Waals surface area contributed by atoms with Crippen molar-refractivity contribution in [3.05, 3.63) is 52.2 Å². The second-order valence-electron chi connectivity index (χ2n) is 4.48. The molecular formula is C15H16N2O2S. The zero-order chi connectivity index (χ0) is 14.5. The molecule has 0 aliphatic heterocycles. The quantitative estimate of drug-likeness (QED) is 0.907. The lowest BCUT2D eigenvalue weighted by molar-refractivity contribution is -0.114. The number of carbonyl (C=O) groups excluding carboxylic acids is 2. The molecule has 0 radical (unpaired) electrons. The van der Waals surface area contributed by atoms with Crippen LogP contribution in [0.25, 0.3) is 0 Å². The minimum Gasteiger partial charge on any atom is -0.345 e. The summed E-state index contributed by atoms with van der Waals surface area (Å²) in [6.45, 7) is 3.38. The highest BCUT2D eigenvalue weighted by Gasteiger charge is 2.12. The van der Waals surface area contributed by atoms with Crippen LogP contribution in [0, 0.1) is 0 Å². The molecule has 1 aromatic carbocycles. The van der Waals surface area contributed by atoms with Gasteiger partial charge in [-0.25, -0.2) is 0 Å². The van der Waals surface area contributed by atoms with Crippen molar-refractivity contribution in [2.24, 2.45) is 0 Å². The van der Waals surface area contributed by atoms with Crippen LogP contribution in [0.4, 0.5) is 5.69 Å². The highest BCUT2D eigenvalue weighted by molar-refractivity contribution is 7.12. The van der Waals surface area contributed by atoms with Gasteiger partial charge in [-0.15, -0.1) is 11.3 Å². The van der Waals surface area contributed by atoms with Crippen molar-refractivity contribution < 1.29 is 9.59 Å². The maximum atomic E-state index is 12.0. The van der Waals surface area contributed by atoms with Crippen LogP contribution in [0.5, 0.6) is 0 Å². The van der Waals surface area contributed by atoms with Crippen LogP contribution in [0.2, 0.25) is 0 Å². The first-order chi connectivity index (χ1) is 9.56. The first kappa shape index (κ1) is 14.3. The van der Waals surface area contributed by atoms with Crippen LogP contribution in [0.1, 0.15) is 35.1 Å². The van der Waals surface area contributed by atoms with E-state index in [2.05, 4.69) is 10.6 Å². The van der Waals surface area contributed by atoms with Gasteiger partial charge in [0.2, 0.25) is 5.91 Å². The molecule has 1 heterocycles. The predicted molar refractivity (Wildman–Crippen MR) is 80.9 cm³/mol. The molecule has 104 valence electrons. The molecule has 2 N–H and O–H groups in total. The Labute approximate surface area is 121 Å². The van der Waals surface area contributed by atoms with Gasteiger partial charge in [-0.3, -0.25) is 9.59 Å². The van der Waals surface area contributed by atoms with E-state index in [9.17, 15) is 9.59 Å². The maximum Gasteiger partial charge on any atom is 0.261 e. The van der Waals surface area contributed by atoms with Gasteiger partial charge >= 0.3 is 0 Å². The number of benzene rings is 1. The Morgan fingerprint density at radius 3 is 2.65 bits per heavy atom. The molecule has 0 aliphatic rings. The monoisotopic (exact) mass is 288 g/mol. The third-order valence-electron chi connectivity index (χ3n) is 2.80. The summed E-state index contributed by atoms with van der Waals surface area (Å²) in [5.41, 5.74) is 1.67. The molecule has 1 atom stereocenters. The van der Waals surface area contributed by atoms with Crippen molar-refractivity contribution in [1.82, 2.24) is 5.32 Å². The summed E-state index contributed by atoms with van der Waals surface area (Å²) in [6.07, 6.45) is 0. The first-order valence-corrected chi connectivity index (χ1v) is 7.16. The third-order valence-corrected chi connectivity index (χ3v) is 3.67. The zero-order valence-electron chi connectivity index (χ0n) is 11.3. The molecular weight excluding hydrogens is 272 g/mol. The summed E-state index contributed by atoms with van der Waals surface area (Å²) < 4.78 is 0. The van der Waals surface area contributed by atoms with Crippen LogP contribution in [-0.4, -0.2) is 11.8 Å². The van der Waals surface area contributed by atoms with Gasteiger partial charge in [0.25, 0.3) is 5.91 Å². The molecule has 20 heavy (non-hydrogen) atoms. The average Bonchev–Trinajstić information content (AvgIpc) is 2.92. The fourth-order valence-electron chi connectivity index (χ4n) is 1.85. The van der Waals surface area contributed by atoms with Gasteiger partial charge in [0.15, 0.2) is 0 Å². The van der Waals surface area contributed by atoms with Crippen molar-refractivity contribution in [2.45, 2.75) is 19.9 Å². The van der Waals surface area contributed by atoms with E-state index in [0.29, 0.717) is 4.88 Å². The molecule has 2 aromatic rings. The second kappa shape index (κ2) is 6.34. The van der Waals surface area contributed by atoms with E-state index in [1.807, 2.05) is 42.6 Å². The van der Waals surface area contributed by atoms with E-state index >= 15 is 0 Å². The predicted octanol–water partition coefficient (Wildman–Crippen LogP) is 3.20. The molecule has 2 rings (SSSR count). The van der Waals surface area contributed by atoms with Crippen molar-refractivity contribution in [1.29, 1.82) is 0 Å². The Morgan fingerprint density at radius 2 is 2.00 bits per heavy atom. The molecule has 0 saturated heterocycles. The first-order valence-electron chi connectivity index (χ1n) is 6.28. The number of carbonyl (C=O) groups is 2. The van der Waals surface area contributed by atoms with Gasteiger partial charge < -0.3 is 10.6 Å². The number of hydrogen-bond acceptors (Lipinski definition) is 3. The van der Waals surface area contributed by atoms with E-state index in [4.69, 9.17) is 0 Å². The second-order valence-corrected chi connectivity index (χ2v) is 5.43. The summed E-state index contributed by atoms with van der Waals surface area (Å²) in [5, 5.41) is 7.54. The smallest absolute Gasteiger partial charge is 0.261 e. The summed E-state index contributed by atoms with van der Waals surface area (Å²) in [4.78, 5) is 23.7. The van der Waals surface area contributed by atoms with E-state index in [1.165, 1.54) is 18.3 Å². The van der Waals surface area contributed by atoms with Crippen molar-refractivity contribution in [2.75, 3.05) is 5.32 Å². The Kier molecular flexibility index (Phi) is 4.53. The maximum absolute atomic E-state index is 12.0. The summed E-state index contributed by atoms with van der Waals surface area (Å²) in [6, 6.07) is 11.0. The van der Waals surface area contributed by atoms with E-state index in [-0.39, 0.29) is 17.9 Å². The summed E-state index contributed by atoms with van der Waals surface area (Å²) in [5.74, 6) is -0.199. The fourth-order valence-corrected chi connectivity index (χ4v) is 2.47. The van der Waals surface area contributed by atoms with Gasteiger partial charge in [0, 0.05) is 12.6 Å². The van der Waals surface area contributed by atoms with Crippen LogP contribution in [-0.2, 0) is 4.79 Å². The number of thiophene rings is 1. The van der Waals surface area contributed by atoms with Gasteiger partial charge in [0.1, 0.15) is 0 Å². The van der Waals surface area contributed by atoms with Crippen LogP contribution in [0.15, 0.2) is 41.8 Å². The van der Waals surface area contributed by atoms with Crippen LogP contribution < -0.4 is 10.6 Å². The van der Waals surface area contributed by atoms with Crippen LogP contribution in [0.3, 0.4) is 0 Å². The molecule has 1 aromatic heterocycles. The molecule has 2 amide bonds. The normalized spacial score (nSPS) is 11.7. The topological polar surface area (TPSA) is 58.2 Å². The number of amides is 2. The molecule has 4 nitrogen and oxygen atoms in total. The molecule has 0 fully saturated rings. The van der Waals surface area contributed by atoms with Gasteiger partial charge in [-0.05, 0) is 36.1 Å². The summed E-state index contributed by atoms with van der Waals surface area (Å²) >= 11 is 1.41. The number of anilines is 1. The van der Waals surface area contributed by atoms with E-state index in [1.54, 1.807) is 6.07 Å².